The first kappa shape index (κ1) is 21.4. The van der Waals surface area contributed by atoms with Crippen molar-refractivity contribution in [3.63, 3.8) is 0 Å². The van der Waals surface area contributed by atoms with Gasteiger partial charge >= 0.3 is 0 Å². The molecule has 0 heterocycles. The maximum absolute atomic E-state index is 12.1. The van der Waals surface area contributed by atoms with Crippen LogP contribution in [0.15, 0.2) is 29.2 Å². The van der Waals surface area contributed by atoms with Gasteiger partial charge in [0.25, 0.3) is 5.91 Å². The zero-order valence-corrected chi connectivity index (χ0v) is 15.9. The standard InChI is InChI=1S/C17H28N2O5S/c1-4-14(3)19-25(21,22)16-9-7-15(8-10-16)24-13-17(20)18-11-6-12-23-5-2/h7-10,14,19H,4-6,11-13H2,1-3H3,(H,18,20)/t14-/m1/s1. The fourth-order valence-corrected chi connectivity index (χ4v) is 3.20. The van der Waals surface area contributed by atoms with E-state index in [1.165, 1.54) is 24.3 Å². The lowest BCUT2D eigenvalue weighted by Crippen LogP contribution is -2.32. The van der Waals surface area contributed by atoms with Crippen molar-refractivity contribution in [1.29, 1.82) is 0 Å². The fourth-order valence-electron chi connectivity index (χ4n) is 1.88. The minimum atomic E-state index is -3.54. The molecule has 1 atom stereocenters. The van der Waals surface area contributed by atoms with Crippen LogP contribution in [0, 0.1) is 0 Å². The second-order valence-corrected chi connectivity index (χ2v) is 7.31. The van der Waals surface area contributed by atoms with E-state index in [1.54, 1.807) is 0 Å². The molecule has 0 radical (unpaired) electrons. The van der Waals surface area contributed by atoms with Gasteiger partial charge < -0.3 is 14.8 Å². The summed E-state index contributed by atoms with van der Waals surface area (Å²) in [5, 5.41) is 2.73. The second kappa shape index (κ2) is 11.1. The Balaban J connectivity index is 2.43. The van der Waals surface area contributed by atoms with Crippen LogP contribution >= 0.6 is 0 Å². The zero-order chi connectivity index (χ0) is 18.7. The van der Waals surface area contributed by atoms with Gasteiger partial charge in [0.05, 0.1) is 4.90 Å². The summed E-state index contributed by atoms with van der Waals surface area (Å²) in [5.74, 6) is 0.207. The molecule has 25 heavy (non-hydrogen) atoms. The Bertz CT molecular complexity index is 616. The number of hydrogen-bond donors (Lipinski definition) is 2. The van der Waals surface area contributed by atoms with E-state index < -0.39 is 10.0 Å². The summed E-state index contributed by atoms with van der Waals surface area (Å²) in [7, 11) is -3.54. The van der Waals surface area contributed by atoms with Gasteiger partial charge in [-0.1, -0.05) is 6.92 Å². The van der Waals surface area contributed by atoms with Crippen LogP contribution in [-0.2, 0) is 19.6 Å². The number of sulfonamides is 1. The largest absolute Gasteiger partial charge is 0.484 e. The molecule has 0 saturated heterocycles. The molecular weight excluding hydrogens is 344 g/mol. The molecule has 1 rings (SSSR count). The van der Waals surface area contributed by atoms with Crippen LogP contribution in [0.2, 0.25) is 0 Å². The molecule has 0 aromatic heterocycles. The van der Waals surface area contributed by atoms with Crippen LogP contribution in [0.5, 0.6) is 5.75 Å². The number of amides is 1. The quantitative estimate of drug-likeness (QED) is 0.545. The van der Waals surface area contributed by atoms with E-state index in [4.69, 9.17) is 9.47 Å². The lowest BCUT2D eigenvalue weighted by Gasteiger charge is -2.12. The Hall–Kier alpha value is -1.64. The van der Waals surface area contributed by atoms with Crippen molar-refractivity contribution in [3.05, 3.63) is 24.3 Å². The highest BCUT2D eigenvalue weighted by Crippen LogP contribution is 2.16. The number of nitrogens with one attached hydrogen (secondary N) is 2. The number of carbonyl (C=O) groups is 1. The lowest BCUT2D eigenvalue weighted by atomic mass is 10.3. The van der Waals surface area contributed by atoms with E-state index in [2.05, 4.69) is 10.0 Å². The third kappa shape index (κ3) is 8.33. The van der Waals surface area contributed by atoms with Crippen molar-refractivity contribution in [2.24, 2.45) is 0 Å². The monoisotopic (exact) mass is 372 g/mol. The number of rotatable bonds is 12. The van der Waals surface area contributed by atoms with Crippen LogP contribution < -0.4 is 14.8 Å². The predicted octanol–water partition coefficient (Wildman–Crippen LogP) is 1.68. The Morgan fingerprint density at radius 2 is 1.88 bits per heavy atom. The molecule has 1 amide bonds. The summed E-state index contributed by atoms with van der Waals surface area (Å²) in [5.41, 5.74) is 0. The SMILES string of the molecule is CCOCCCNC(=O)COc1ccc(S(=O)(=O)N[C@H](C)CC)cc1. The van der Waals surface area contributed by atoms with Gasteiger partial charge in [0.15, 0.2) is 6.61 Å². The molecule has 0 aliphatic heterocycles. The first-order valence-electron chi connectivity index (χ1n) is 8.48. The van der Waals surface area contributed by atoms with E-state index in [9.17, 15) is 13.2 Å². The molecule has 0 fully saturated rings. The summed E-state index contributed by atoms with van der Waals surface area (Å²) in [4.78, 5) is 11.8. The van der Waals surface area contributed by atoms with Crippen molar-refractivity contribution in [1.82, 2.24) is 10.0 Å². The molecule has 0 spiro atoms. The number of ether oxygens (including phenoxy) is 2. The second-order valence-electron chi connectivity index (χ2n) is 5.59. The normalized spacial score (nSPS) is 12.6. The smallest absolute Gasteiger partial charge is 0.257 e. The molecular formula is C17H28N2O5S. The van der Waals surface area contributed by atoms with Crippen LogP contribution in [0.4, 0.5) is 0 Å². The van der Waals surface area contributed by atoms with E-state index in [0.717, 1.165) is 6.42 Å². The van der Waals surface area contributed by atoms with Gasteiger partial charge in [-0.25, -0.2) is 13.1 Å². The first-order valence-corrected chi connectivity index (χ1v) is 9.97. The summed E-state index contributed by atoms with van der Waals surface area (Å²) >= 11 is 0. The predicted molar refractivity (Wildman–Crippen MR) is 96.1 cm³/mol. The van der Waals surface area contributed by atoms with E-state index in [1.807, 2.05) is 20.8 Å². The molecule has 2 N–H and O–H groups in total. The van der Waals surface area contributed by atoms with Crippen molar-refractivity contribution in [2.75, 3.05) is 26.4 Å². The van der Waals surface area contributed by atoms with Crippen LogP contribution in [0.1, 0.15) is 33.6 Å². The molecule has 1 aromatic carbocycles. The minimum Gasteiger partial charge on any atom is -0.484 e. The van der Waals surface area contributed by atoms with Crippen molar-refractivity contribution in [3.8, 4) is 5.75 Å². The van der Waals surface area contributed by atoms with Crippen molar-refractivity contribution >= 4 is 15.9 Å². The summed E-state index contributed by atoms with van der Waals surface area (Å²) in [6.07, 6.45) is 1.45. The van der Waals surface area contributed by atoms with Crippen LogP contribution in [0.25, 0.3) is 0 Å². The Morgan fingerprint density at radius 1 is 1.20 bits per heavy atom. The van der Waals surface area contributed by atoms with Gasteiger partial charge in [-0.05, 0) is 51.0 Å². The maximum Gasteiger partial charge on any atom is 0.257 e. The molecule has 0 aliphatic rings. The summed E-state index contributed by atoms with van der Waals surface area (Å²) in [6.45, 7) is 7.32. The first-order chi connectivity index (χ1) is 11.9. The highest BCUT2D eigenvalue weighted by molar-refractivity contribution is 7.89. The lowest BCUT2D eigenvalue weighted by molar-refractivity contribution is -0.123. The van der Waals surface area contributed by atoms with Crippen LogP contribution in [0.3, 0.4) is 0 Å². The molecule has 0 unspecified atom stereocenters. The van der Waals surface area contributed by atoms with Gasteiger partial charge in [0, 0.05) is 25.8 Å². The molecule has 142 valence electrons. The van der Waals surface area contributed by atoms with E-state index in [-0.39, 0.29) is 23.5 Å². The topological polar surface area (TPSA) is 93.7 Å². The molecule has 7 nitrogen and oxygen atoms in total. The number of hydrogen-bond acceptors (Lipinski definition) is 5. The Labute approximate surface area is 150 Å². The average Bonchev–Trinajstić information content (AvgIpc) is 2.59. The van der Waals surface area contributed by atoms with Gasteiger partial charge in [-0.15, -0.1) is 0 Å². The maximum atomic E-state index is 12.1. The Morgan fingerprint density at radius 3 is 2.48 bits per heavy atom. The van der Waals surface area contributed by atoms with Crippen molar-refractivity contribution in [2.45, 2.75) is 44.6 Å². The molecule has 1 aromatic rings. The van der Waals surface area contributed by atoms with Gasteiger partial charge in [-0.2, -0.15) is 0 Å². The molecule has 0 saturated carbocycles. The van der Waals surface area contributed by atoms with Crippen LogP contribution in [-0.4, -0.2) is 46.7 Å². The van der Waals surface area contributed by atoms with Gasteiger partial charge in [0.1, 0.15) is 5.75 Å². The molecule has 0 aliphatic carbocycles. The van der Waals surface area contributed by atoms with Gasteiger partial charge in [-0.3, -0.25) is 4.79 Å². The fraction of sp³-hybridized carbons (Fsp3) is 0.588. The Kier molecular flexibility index (Phi) is 9.48. The van der Waals surface area contributed by atoms with Crippen molar-refractivity contribution < 1.29 is 22.7 Å². The van der Waals surface area contributed by atoms with Gasteiger partial charge in [0.2, 0.25) is 10.0 Å². The zero-order valence-electron chi connectivity index (χ0n) is 15.1. The summed E-state index contributed by atoms with van der Waals surface area (Å²) in [6, 6.07) is 5.86. The minimum absolute atomic E-state index is 0.119. The highest BCUT2D eigenvalue weighted by Gasteiger charge is 2.16. The molecule has 0 bridgehead atoms. The average molecular weight is 372 g/mol. The number of carbonyl (C=O) groups excluding carboxylic acids is 1. The summed E-state index contributed by atoms with van der Waals surface area (Å²) < 4.78 is 37.4. The number of benzene rings is 1. The molecule has 8 heteroatoms. The highest BCUT2D eigenvalue weighted by atomic mass is 32.2. The van der Waals surface area contributed by atoms with E-state index >= 15 is 0 Å². The van der Waals surface area contributed by atoms with E-state index in [0.29, 0.717) is 31.9 Å². The third-order valence-electron chi connectivity index (χ3n) is 3.46. The third-order valence-corrected chi connectivity index (χ3v) is 5.07.